The number of hydrogen-bond acceptors (Lipinski definition) is 5. The number of hydrogen-bond donors (Lipinski definition) is 1. The molecule has 0 spiro atoms. The Bertz CT molecular complexity index is 670. The minimum Gasteiger partial charge on any atom is -0.481 e. The molecular formula is C17H20N4O3. The average Bonchev–Trinajstić information content (AvgIpc) is 3.23. The van der Waals surface area contributed by atoms with Gasteiger partial charge in [-0.2, -0.15) is 0 Å². The summed E-state index contributed by atoms with van der Waals surface area (Å²) in [4.78, 5) is 36.9. The molecule has 7 heteroatoms. The van der Waals surface area contributed by atoms with E-state index in [1.807, 2.05) is 17.1 Å². The molecule has 1 amide bonds. The largest absolute Gasteiger partial charge is 0.481 e. The lowest BCUT2D eigenvalue weighted by atomic mass is 9.82. The van der Waals surface area contributed by atoms with Gasteiger partial charge in [-0.05, 0) is 24.3 Å². The Morgan fingerprint density at radius 3 is 2.25 bits per heavy atom. The zero-order chi connectivity index (χ0) is 16.7. The second-order valence-electron chi connectivity index (χ2n) is 6.70. The summed E-state index contributed by atoms with van der Waals surface area (Å²) >= 11 is 0. The zero-order valence-corrected chi connectivity index (χ0v) is 13.3. The third-order valence-electron chi connectivity index (χ3n) is 5.46. The monoisotopic (exact) mass is 328 g/mol. The Kier molecular flexibility index (Phi) is 3.70. The van der Waals surface area contributed by atoms with Gasteiger partial charge in [-0.15, -0.1) is 0 Å². The zero-order valence-electron chi connectivity index (χ0n) is 13.3. The molecule has 2 aliphatic carbocycles. The van der Waals surface area contributed by atoms with Gasteiger partial charge in [0.2, 0.25) is 11.9 Å². The van der Waals surface area contributed by atoms with Crippen LogP contribution in [0.1, 0.15) is 6.42 Å². The predicted molar refractivity (Wildman–Crippen MR) is 86.2 cm³/mol. The molecule has 4 rings (SSSR count). The number of piperazine rings is 1. The van der Waals surface area contributed by atoms with Crippen LogP contribution in [0.4, 0.5) is 5.95 Å². The number of allylic oxidation sites excluding steroid dienone is 2. The van der Waals surface area contributed by atoms with Crippen molar-refractivity contribution in [3.8, 4) is 0 Å². The molecule has 2 heterocycles. The summed E-state index contributed by atoms with van der Waals surface area (Å²) < 4.78 is 0. The van der Waals surface area contributed by atoms with Gasteiger partial charge in [0, 0.05) is 38.6 Å². The Labute approximate surface area is 140 Å². The lowest BCUT2D eigenvalue weighted by Gasteiger charge is -2.37. The summed E-state index contributed by atoms with van der Waals surface area (Å²) in [6.07, 6.45) is 8.21. The normalized spacial score (nSPS) is 31.5. The first-order valence-corrected chi connectivity index (χ1v) is 8.37. The van der Waals surface area contributed by atoms with Gasteiger partial charge in [0.1, 0.15) is 0 Å². The van der Waals surface area contributed by atoms with Gasteiger partial charge in [0.15, 0.2) is 0 Å². The van der Waals surface area contributed by atoms with Crippen molar-refractivity contribution >= 4 is 17.8 Å². The highest BCUT2D eigenvalue weighted by Crippen LogP contribution is 2.48. The van der Waals surface area contributed by atoms with E-state index >= 15 is 0 Å². The van der Waals surface area contributed by atoms with Crippen molar-refractivity contribution < 1.29 is 14.7 Å². The standard InChI is InChI=1S/C17H20N4O3/c22-15(13-11-2-3-12(10-11)14(13)16(23)24)20-6-8-21(9-7-20)17-18-4-1-5-19-17/h1-5,11-14H,6-10H2,(H,23,24)/t11-,12-,13-,14+/m0/s1. The van der Waals surface area contributed by atoms with Crippen LogP contribution in [0.3, 0.4) is 0 Å². The van der Waals surface area contributed by atoms with E-state index in [1.165, 1.54) is 0 Å². The number of carboxylic acids is 1. The summed E-state index contributed by atoms with van der Waals surface area (Å²) in [6, 6.07) is 1.78. The maximum Gasteiger partial charge on any atom is 0.307 e. The van der Waals surface area contributed by atoms with Gasteiger partial charge >= 0.3 is 5.97 Å². The molecule has 4 atom stereocenters. The molecule has 3 aliphatic rings. The first kappa shape index (κ1) is 15.1. The molecule has 1 aromatic rings. The van der Waals surface area contributed by atoms with E-state index in [0.717, 1.165) is 6.42 Å². The van der Waals surface area contributed by atoms with Crippen LogP contribution in [0, 0.1) is 23.7 Å². The highest BCUT2D eigenvalue weighted by Gasteiger charge is 2.52. The van der Waals surface area contributed by atoms with E-state index in [0.29, 0.717) is 32.1 Å². The van der Waals surface area contributed by atoms with Crippen LogP contribution >= 0.6 is 0 Å². The van der Waals surface area contributed by atoms with Crippen molar-refractivity contribution in [3.05, 3.63) is 30.6 Å². The quantitative estimate of drug-likeness (QED) is 0.820. The van der Waals surface area contributed by atoms with Crippen molar-refractivity contribution in [3.63, 3.8) is 0 Å². The first-order valence-electron chi connectivity index (χ1n) is 8.37. The highest BCUT2D eigenvalue weighted by molar-refractivity contribution is 5.87. The molecular weight excluding hydrogens is 308 g/mol. The van der Waals surface area contributed by atoms with Gasteiger partial charge in [0.05, 0.1) is 11.8 Å². The van der Waals surface area contributed by atoms with Crippen molar-refractivity contribution in [2.24, 2.45) is 23.7 Å². The minimum atomic E-state index is -0.846. The van der Waals surface area contributed by atoms with Crippen molar-refractivity contribution in [2.75, 3.05) is 31.1 Å². The Hall–Kier alpha value is -2.44. The van der Waals surface area contributed by atoms with E-state index in [1.54, 1.807) is 18.5 Å². The van der Waals surface area contributed by atoms with Crippen LogP contribution in [-0.4, -0.2) is 58.0 Å². The molecule has 1 aromatic heterocycles. The summed E-state index contributed by atoms with van der Waals surface area (Å²) in [7, 11) is 0. The van der Waals surface area contributed by atoms with Crippen LogP contribution < -0.4 is 4.90 Å². The molecule has 1 N–H and O–H groups in total. The second kappa shape index (κ2) is 5.89. The molecule has 1 saturated heterocycles. The molecule has 24 heavy (non-hydrogen) atoms. The van der Waals surface area contributed by atoms with Crippen LogP contribution in [0.2, 0.25) is 0 Å². The fourth-order valence-electron chi connectivity index (χ4n) is 4.29. The van der Waals surface area contributed by atoms with Crippen LogP contribution in [0.25, 0.3) is 0 Å². The number of fused-ring (bicyclic) bond motifs is 2. The summed E-state index contributed by atoms with van der Waals surface area (Å²) in [5.74, 6) is -1.05. The SMILES string of the molecule is O=C(O)[C@H]1[C@@H](C(=O)N2CCN(c3ncccn3)CC2)[C@H]2C=C[C@H]1C2. The average molecular weight is 328 g/mol. The molecule has 0 radical (unpaired) electrons. The third kappa shape index (κ3) is 2.44. The van der Waals surface area contributed by atoms with Gasteiger partial charge in [-0.3, -0.25) is 9.59 Å². The van der Waals surface area contributed by atoms with Crippen molar-refractivity contribution in [1.82, 2.24) is 14.9 Å². The second-order valence-corrected chi connectivity index (χ2v) is 6.70. The number of carbonyl (C=O) groups excluding carboxylic acids is 1. The first-order chi connectivity index (χ1) is 11.6. The van der Waals surface area contributed by atoms with Crippen molar-refractivity contribution in [1.29, 1.82) is 0 Å². The smallest absolute Gasteiger partial charge is 0.307 e. The number of aliphatic carboxylic acids is 1. The Morgan fingerprint density at radius 2 is 1.62 bits per heavy atom. The van der Waals surface area contributed by atoms with E-state index in [4.69, 9.17) is 0 Å². The van der Waals surface area contributed by atoms with Crippen LogP contribution in [0.5, 0.6) is 0 Å². The number of rotatable bonds is 3. The molecule has 2 fully saturated rings. The predicted octanol–water partition coefficient (Wildman–Crippen LogP) is 0.648. The highest BCUT2D eigenvalue weighted by atomic mass is 16.4. The summed E-state index contributed by atoms with van der Waals surface area (Å²) in [5.41, 5.74) is 0. The van der Waals surface area contributed by atoms with Gasteiger partial charge in [0.25, 0.3) is 0 Å². The van der Waals surface area contributed by atoms with Gasteiger partial charge in [-0.1, -0.05) is 12.2 Å². The molecule has 1 aliphatic heterocycles. The van der Waals surface area contributed by atoms with E-state index in [2.05, 4.69) is 14.9 Å². The number of carbonyl (C=O) groups is 2. The lowest BCUT2D eigenvalue weighted by Crippen LogP contribution is -2.52. The van der Waals surface area contributed by atoms with E-state index in [9.17, 15) is 14.7 Å². The number of aromatic nitrogens is 2. The molecule has 7 nitrogen and oxygen atoms in total. The van der Waals surface area contributed by atoms with E-state index < -0.39 is 17.8 Å². The Morgan fingerprint density at radius 1 is 1.00 bits per heavy atom. The fraction of sp³-hybridized carbons (Fsp3) is 0.529. The van der Waals surface area contributed by atoms with Crippen molar-refractivity contribution in [2.45, 2.75) is 6.42 Å². The molecule has 0 unspecified atom stereocenters. The van der Waals surface area contributed by atoms with Gasteiger partial charge in [-0.25, -0.2) is 9.97 Å². The number of anilines is 1. The number of carboxylic acid groups (broad SMARTS) is 1. The minimum absolute atomic E-state index is 0.00659. The van der Waals surface area contributed by atoms with Crippen LogP contribution in [-0.2, 0) is 9.59 Å². The summed E-state index contributed by atoms with van der Waals surface area (Å²) in [5, 5.41) is 9.51. The molecule has 126 valence electrons. The Balaban J connectivity index is 1.43. The van der Waals surface area contributed by atoms with Gasteiger partial charge < -0.3 is 14.9 Å². The number of nitrogens with zero attached hydrogens (tertiary/aromatic N) is 4. The molecule has 2 bridgehead atoms. The molecule has 0 aromatic carbocycles. The maximum atomic E-state index is 12.9. The molecule has 1 saturated carbocycles. The van der Waals surface area contributed by atoms with Crippen LogP contribution in [0.15, 0.2) is 30.6 Å². The topological polar surface area (TPSA) is 86.6 Å². The lowest BCUT2D eigenvalue weighted by molar-refractivity contribution is -0.151. The summed E-state index contributed by atoms with van der Waals surface area (Å²) in [6.45, 7) is 2.51. The number of amides is 1. The third-order valence-corrected chi connectivity index (χ3v) is 5.46. The van der Waals surface area contributed by atoms with E-state index in [-0.39, 0.29) is 17.7 Å². The maximum absolute atomic E-state index is 12.9. The fourth-order valence-corrected chi connectivity index (χ4v) is 4.29.